The molecule has 24 heavy (non-hydrogen) atoms. The number of rotatable bonds is 4. The van der Waals surface area contributed by atoms with E-state index < -0.39 is 0 Å². The van der Waals surface area contributed by atoms with E-state index in [9.17, 15) is 9.59 Å². The van der Waals surface area contributed by atoms with Crippen LogP contribution in [0.3, 0.4) is 0 Å². The monoisotopic (exact) mass is 322 g/mol. The molecule has 1 N–H and O–H groups in total. The second kappa shape index (κ2) is 7.30. The molecule has 0 radical (unpaired) electrons. The molecule has 0 spiro atoms. The maximum Gasteiger partial charge on any atom is 0.254 e. The van der Waals surface area contributed by atoms with Crippen LogP contribution in [0, 0.1) is 6.92 Å². The molecule has 1 saturated heterocycles. The zero-order valence-electron chi connectivity index (χ0n) is 13.9. The van der Waals surface area contributed by atoms with E-state index in [4.69, 9.17) is 0 Å². The van der Waals surface area contributed by atoms with Crippen LogP contribution in [0.2, 0.25) is 0 Å². The molecule has 2 aromatic rings. The first-order valence-electron chi connectivity index (χ1n) is 8.34. The van der Waals surface area contributed by atoms with Crippen LogP contribution < -0.4 is 5.32 Å². The van der Waals surface area contributed by atoms with Crippen LogP contribution >= 0.6 is 0 Å². The number of hydrogen-bond donors (Lipinski definition) is 1. The summed E-state index contributed by atoms with van der Waals surface area (Å²) in [6, 6.07) is 17.0. The number of likely N-dealkylation sites (tertiary alicyclic amines) is 1. The van der Waals surface area contributed by atoms with Crippen LogP contribution in [0.1, 0.15) is 34.3 Å². The molecule has 1 aliphatic heterocycles. The number of nitrogens with zero attached hydrogens (tertiary/aromatic N) is 1. The minimum absolute atomic E-state index is 0.0592. The van der Waals surface area contributed by atoms with Crippen LogP contribution in [0.25, 0.3) is 0 Å². The number of hydrogen-bond acceptors (Lipinski definition) is 2. The molecule has 0 aromatic heterocycles. The average Bonchev–Trinajstić information content (AvgIpc) is 3.09. The van der Waals surface area contributed by atoms with Crippen molar-refractivity contribution in [1.29, 1.82) is 0 Å². The summed E-state index contributed by atoms with van der Waals surface area (Å²) in [5.74, 6) is -0.131. The minimum atomic E-state index is -0.373. The second-order valence-electron chi connectivity index (χ2n) is 6.23. The Kier molecular flexibility index (Phi) is 4.94. The number of carbonyl (C=O) groups excluding carboxylic acids is 2. The minimum Gasteiger partial charge on any atom is -0.350 e. The normalized spacial score (nSPS) is 16.9. The van der Waals surface area contributed by atoms with E-state index in [1.807, 2.05) is 61.5 Å². The average molecular weight is 322 g/mol. The molecule has 4 nitrogen and oxygen atoms in total. The summed E-state index contributed by atoms with van der Waals surface area (Å²) in [6.45, 7) is 3.09. The Morgan fingerprint density at radius 3 is 2.67 bits per heavy atom. The molecule has 0 bridgehead atoms. The quantitative estimate of drug-likeness (QED) is 0.941. The second-order valence-corrected chi connectivity index (χ2v) is 6.23. The molecule has 3 rings (SSSR count). The number of aryl methyl sites for hydroxylation is 1. The predicted octanol–water partition coefficient (Wildman–Crippen LogP) is 2.92. The van der Waals surface area contributed by atoms with E-state index in [0.717, 1.165) is 24.0 Å². The number of nitrogens with one attached hydrogen (secondary N) is 1. The predicted molar refractivity (Wildman–Crippen MR) is 93.5 cm³/mol. The maximum absolute atomic E-state index is 12.7. The van der Waals surface area contributed by atoms with Crippen LogP contribution in [0.4, 0.5) is 0 Å². The van der Waals surface area contributed by atoms with Crippen molar-refractivity contribution in [1.82, 2.24) is 10.2 Å². The first-order chi connectivity index (χ1) is 11.6. The van der Waals surface area contributed by atoms with Crippen molar-refractivity contribution in [3.63, 3.8) is 0 Å². The van der Waals surface area contributed by atoms with Gasteiger partial charge in [0.2, 0.25) is 5.91 Å². The molecule has 2 aromatic carbocycles. The SMILES string of the molecule is Cc1cccc(C(=O)N2CCC[C@@H]2C(=O)NCc2ccccc2)c1. The summed E-state index contributed by atoms with van der Waals surface area (Å²) < 4.78 is 0. The molecule has 4 heteroatoms. The van der Waals surface area contributed by atoms with Crippen LogP contribution in [-0.4, -0.2) is 29.3 Å². The first kappa shape index (κ1) is 16.2. The lowest BCUT2D eigenvalue weighted by atomic mass is 10.1. The highest BCUT2D eigenvalue weighted by Crippen LogP contribution is 2.21. The zero-order valence-corrected chi connectivity index (χ0v) is 13.9. The van der Waals surface area contributed by atoms with Gasteiger partial charge in [-0.1, -0.05) is 48.0 Å². The van der Waals surface area contributed by atoms with Gasteiger partial charge in [-0.3, -0.25) is 9.59 Å². The van der Waals surface area contributed by atoms with Gasteiger partial charge in [0, 0.05) is 18.7 Å². The van der Waals surface area contributed by atoms with Crippen molar-refractivity contribution in [3.05, 3.63) is 71.3 Å². The van der Waals surface area contributed by atoms with Gasteiger partial charge in [-0.15, -0.1) is 0 Å². The molecule has 1 aliphatic rings. The largest absolute Gasteiger partial charge is 0.350 e. The van der Waals surface area contributed by atoms with E-state index in [1.54, 1.807) is 4.90 Å². The number of amides is 2. The van der Waals surface area contributed by atoms with Gasteiger partial charge in [-0.25, -0.2) is 0 Å². The Balaban J connectivity index is 1.66. The molecule has 1 heterocycles. The van der Waals surface area contributed by atoms with E-state index in [-0.39, 0.29) is 17.9 Å². The van der Waals surface area contributed by atoms with Crippen molar-refractivity contribution in [3.8, 4) is 0 Å². The van der Waals surface area contributed by atoms with Gasteiger partial charge in [0.15, 0.2) is 0 Å². The summed E-state index contributed by atoms with van der Waals surface area (Å²) in [7, 11) is 0. The molecule has 1 atom stereocenters. The highest BCUT2D eigenvalue weighted by Gasteiger charge is 2.34. The highest BCUT2D eigenvalue weighted by molar-refractivity contribution is 5.98. The number of carbonyl (C=O) groups is 2. The van der Waals surface area contributed by atoms with Gasteiger partial charge >= 0.3 is 0 Å². The van der Waals surface area contributed by atoms with Crippen molar-refractivity contribution in [2.24, 2.45) is 0 Å². The fourth-order valence-electron chi connectivity index (χ4n) is 3.13. The Labute approximate surface area is 142 Å². The lowest BCUT2D eigenvalue weighted by molar-refractivity contribution is -0.125. The Bertz CT molecular complexity index is 727. The summed E-state index contributed by atoms with van der Waals surface area (Å²) in [5.41, 5.74) is 2.75. The highest BCUT2D eigenvalue weighted by atomic mass is 16.2. The molecule has 0 unspecified atom stereocenters. The summed E-state index contributed by atoms with van der Waals surface area (Å²) in [5, 5.41) is 2.96. The fourth-order valence-corrected chi connectivity index (χ4v) is 3.13. The van der Waals surface area contributed by atoms with Crippen molar-refractivity contribution < 1.29 is 9.59 Å². The van der Waals surface area contributed by atoms with E-state index >= 15 is 0 Å². The zero-order chi connectivity index (χ0) is 16.9. The summed E-state index contributed by atoms with van der Waals surface area (Å²) >= 11 is 0. The third-order valence-corrected chi connectivity index (χ3v) is 4.39. The van der Waals surface area contributed by atoms with Gasteiger partial charge < -0.3 is 10.2 Å². The first-order valence-corrected chi connectivity index (χ1v) is 8.34. The Morgan fingerprint density at radius 2 is 1.92 bits per heavy atom. The van der Waals surface area contributed by atoms with Gasteiger partial charge in [0.25, 0.3) is 5.91 Å². The molecular weight excluding hydrogens is 300 g/mol. The third-order valence-electron chi connectivity index (χ3n) is 4.39. The van der Waals surface area contributed by atoms with Crippen molar-refractivity contribution >= 4 is 11.8 Å². The molecule has 124 valence electrons. The lowest BCUT2D eigenvalue weighted by Gasteiger charge is -2.24. The van der Waals surface area contributed by atoms with Crippen LogP contribution in [0.15, 0.2) is 54.6 Å². The van der Waals surface area contributed by atoms with E-state index in [1.165, 1.54) is 0 Å². The number of benzene rings is 2. The standard InChI is InChI=1S/C20H22N2O2/c1-15-7-5-10-17(13-15)20(24)22-12-6-11-18(22)19(23)21-14-16-8-3-2-4-9-16/h2-5,7-10,13,18H,6,11-12,14H2,1H3,(H,21,23)/t18-/m1/s1. The van der Waals surface area contributed by atoms with Crippen molar-refractivity contribution in [2.75, 3.05) is 6.54 Å². The molecule has 1 fully saturated rings. The summed E-state index contributed by atoms with van der Waals surface area (Å²) in [6.07, 6.45) is 1.58. The Morgan fingerprint density at radius 1 is 1.12 bits per heavy atom. The molecule has 2 amide bonds. The fraction of sp³-hybridized carbons (Fsp3) is 0.300. The van der Waals surface area contributed by atoms with Gasteiger partial charge in [0.1, 0.15) is 6.04 Å². The maximum atomic E-state index is 12.7. The third kappa shape index (κ3) is 3.65. The molecule has 0 aliphatic carbocycles. The topological polar surface area (TPSA) is 49.4 Å². The van der Waals surface area contributed by atoms with Crippen LogP contribution in [0.5, 0.6) is 0 Å². The van der Waals surface area contributed by atoms with Gasteiger partial charge in [-0.05, 0) is 37.5 Å². The van der Waals surface area contributed by atoms with Crippen molar-refractivity contribution in [2.45, 2.75) is 32.4 Å². The van der Waals surface area contributed by atoms with E-state index in [0.29, 0.717) is 18.7 Å². The summed E-state index contributed by atoms with van der Waals surface area (Å²) in [4.78, 5) is 27.0. The van der Waals surface area contributed by atoms with Gasteiger partial charge in [0.05, 0.1) is 0 Å². The van der Waals surface area contributed by atoms with Gasteiger partial charge in [-0.2, -0.15) is 0 Å². The Hall–Kier alpha value is -2.62. The van der Waals surface area contributed by atoms with E-state index in [2.05, 4.69) is 5.32 Å². The molecular formula is C20H22N2O2. The smallest absolute Gasteiger partial charge is 0.254 e. The molecule has 0 saturated carbocycles. The van der Waals surface area contributed by atoms with Crippen LogP contribution in [-0.2, 0) is 11.3 Å². The lowest BCUT2D eigenvalue weighted by Crippen LogP contribution is -2.45.